The molecule has 1 heterocycles. The van der Waals surface area contributed by atoms with Gasteiger partial charge in [0.2, 0.25) is 0 Å². The van der Waals surface area contributed by atoms with Gasteiger partial charge in [-0.3, -0.25) is 9.69 Å². The number of carbonyl (C=O) groups excluding carboxylic acids is 1. The van der Waals surface area contributed by atoms with Gasteiger partial charge >= 0.3 is 5.97 Å². The minimum atomic E-state index is -0.551. The van der Waals surface area contributed by atoms with Crippen LogP contribution >= 0.6 is 0 Å². The van der Waals surface area contributed by atoms with Crippen LogP contribution in [0.3, 0.4) is 0 Å². The molecule has 0 spiro atoms. The topological polar surface area (TPSA) is 55.6 Å². The fourth-order valence-corrected chi connectivity index (χ4v) is 2.21. The summed E-state index contributed by atoms with van der Waals surface area (Å²) in [5.41, 5.74) is 8.49. The quantitative estimate of drug-likeness (QED) is 0.776. The molecular weight excluding hydrogens is 216 g/mol. The predicted octanol–water partition coefficient (Wildman–Crippen LogP) is 0.545. The number of methoxy groups -OCH3 is 1. The molecule has 0 amide bonds. The van der Waals surface area contributed by atoms with Gasteiger partial charge in [0, 0.05) is 19.6 Å². The molecule has 17 heavy (non-hydrogen) atoms. The second-order valence-electron chi connectivity index (χ2n) is 4.38. The van der Waals surface area contributed by atoms with Crippen LogP contribution in [-0.4, -0.2) is 37.1 Å². The summed E-state index contributed by atoms with van der Waals surface area (Å²) in [6.07, 6.45) is 1.02. The molecule has 0 saturated carbocycles. The molecule has 1 aromatic rings. The zero-order valence-corrected chi connectivity index (χ0v) is 10.1. The molecule has 0 radical (unpaired) electrons. The van der Waals surface area contributed by atoms with E-state index in [1.807, 2.05) is 6.07 Å². The van der Waals surface area contributed by atoms with Gasteiger partial charge in [0.25, 0.3) is 0 Å². The maximum atomic E-state index is 11.3. The lowest BCUT2D eigenvalue weighted by atomic mass is 9.99. The maximum absolute atomic E-state index is 11.3. The van der Waals surface area contributed by atoms with Crippen molar-refractivity contribution in [3.63, 3.8) is 0 Å². The van der Waals surface area contributed by atoms with E-state index < -0.39 is 6.04 Å². The Morgan fingerprint density at radius 1 is 1.47 bits per heavy atom. The molecule has 0 aliphatic carbocycles. The zero-order chi connectivity index (χ0) is 12.3. The Kier molecular flexibility index (Phi) is 3.76. The second-order valence-corrected chi connectivity index (χ2v) is 4.38. The van der Waals surface area contributed by atoms with Crippen LogP contribution in [0.4, 0.5) is 0 Å². The normalized spacial score (nSPS) is 17.3. The van der Waals surface area contributed by atoms with Crippen molar-refractivity contribution >= 4 is 5.97 Å². The number of hydrogen-bond donors (Lipinski definition) is 1. The van der Waals surface area contributed by atoms with Gasteiger partial charge < -0.3 is 10.5 Å². The Morgan fingerprint density at radius 3 is 2.88 bits per heavy atom. The van der Waals surface area contributed by atoms with E-state index in [-0.39, 0.29) is 5.97 Å². The van der Waals surface area contributed by atoms with E-state index in [9.17, 15) is 4.79 Å². The zero-order valence-electron chi connectivity index (χ0n) is 10.1. The number of nitrogens with two attached hydrogens (primary N) is 1. The fraction of sp³-hybridized carbons (Fsp3) is 0.462. The van der Waals surface area contributed by atoms with Gasteiger partial charge in [0.05, 0.1) is 7.11 Å². The highest BCUT2D eigenvalue weighted by Gasteiger charge is 2.21. The van der Waals surface area contributed by atoms with Crippen molar-refractivity contribution in [1.82, 2.24) is 4.90 Å². The second kappa shape index (κ2) is 5.29. The van der Waals surface area contributed by atoms with Crippen LogP contribution in [-0.2, 0) is 22.5 Å². The van der Waals surface area contributed by atoms with Gasteiger partial charge in [-0.2, -0.15) is 0 Å². The van der Waals surface area contributed by atoms with Gasteiger partial charge in [0.1, 0.15) is 6.04 Å². The molecule has 1 aliphatic heterocycles. The standard InChI is InChI=1S/C13H18N2O2/c1-17-13(16)12(14)9-15-7-6-10-4-2-3-5-11(10)8-15/h2-5,12H,6-9,14H2,1H3. The van der Waals surface area contributed by atoms with Gasteiger partial charge in [0.15, 0.2) is 0 Å². The van der Waals surface area contributed by atoms with Crippen LogP contribution in [0.25, 0.3) is 0 Å². The van der Waals surface area contributed by atoms with Crippen LogP contribution in [0.2, 0.25) is 0 Å². The molecule has 1 aliphatic rings. The van der Waals surface area contributed by atoms with E-state index in [1.54, 1.807) is 0 Å². The number of carbonyl (C=O) groups is 1. The average molecular weight is 234 g/mol. The number of nitrogens with zero attached hydrogens (tertiary/aromatic N) is 1. The van der Waals surface area contributed by atoms with Crippen molar-refractivity contribution in [1.29, 1.82) is 0 Å². The van der Waals surface area contributed by atoms with Crippen LogP contribution in [0.1, 0.15) is 11.1 Å². The third-order valence-corrected chi connectivity index (χ3v) is 3.17. The molecule has 0 fully saturated rings. The number of fused-ring (bicyclic) bond motifs is 1. The summed E-state index contributed by atoms with van der Waals surface area (Å²) in [5, 5.41) is 0. The predicted molar refractivity (Wildman–Crippen MR) is 65.4 cm³/mol. The highest BCUT2D eigenvalue weighted by atomic mass is 16.5. The lowest BCUT2D eigenvalue weighted by Crippen LogP contribution is -2.44. The van der Waals surface area contributed by atoms with Gasteiger partial charge in [-0.05, 0) is 17.5 Å². The number of rotatable bonds is 3. The largest absolute Gasteiger partial charge is 0.468 e. The first kappa shape index (κ1) is 12.1. The SMILES string of the molecule is COC(=O)C(N)CN1CCc2ccccc2C1. The summed E-state index contributed by atoms with van der Waals surface area (Å²) in [6, 6.07) is 7.85. The first-order valence-electron chi connectivity index (χ1n) is 5.83. The van der Waals surface area contributed by atoms with Crippen LogP contribution in [0.15, 0.2) is 24.3 Å². The van der Waals surface area contributed by atoms with Crippen LogP contribution in [0, 0.1) is 0 Å². The Hall–Kier alpha value is -1.39. The minimum absolute atomic E-state index is 0.344. The summed E-state index contributed by atoms with van der Waals surface area (Å²) in [4.78, 5) is 13.5. The molecule has 1 aromatic carbocycles. The third-order valence-electron chi connectivity index (χ3n) is 3.17. The van der Waals surface area contributed by atoms with Crippen LogP contribution < -0.4 is 5.73 Å². The smallest absolute Gasteiger partial charge is 0.323 e. The van der Waals surface area contributed by atoms with Gasteiger partial charge in [-0.1, -0.05) is 24.3 Å². The van der Waals surface area contributed by atoms with Crippen molar-refractivity contribution in [2.75, 3.05) is 20.2 Å². The first-order valence-corrected chi connectivity index (χ1v) is 5.83. The van der Waals surface area contributed by atoms with E-state index >= 15 is 0 Å². The van der Waals surface area contributed by atoms with E-state index in [0.29, 0.717) is 6.54 Å². The van der Waals surface area contributed by atoms with E-state index in [4.69, 9.17) is 5.73 Å². The Labute approximate surface area is 101 Å². The lowest BCUT2D eigenvalue weighted by molar-refractivity contribution is -0.142. The van der Waals surface area contributed by atoms with Gasteiger partial charge in [-0.25, -0.2) is 0 Å². The Bertz CT molecular complexity index is 406. The minimum Gasteiger partial charge on any atom is -0.468 e. The first-order chi connectivity index (χ1) is 8.20. The van der Waals surface area contributed by atoms with E-state index in [1.165, 1.54) is 18.2 Å². The summed E-state index contributed by atoms with van der Waals surface area (Å²) in [6.45, 7) is 2.36. The van der Waals surface area contributed by atoms with Gasteiger partial charge in [-0.15, -0.1) is 0 Å². The molecule has 0 aromatic heterocycles. The highest BCUT2D eigenvalue weighted by Crippen LogP contribution is 2.18. The maximum Gasteiger partial charge on any atom is 0.323 e. The summed E-state index contributed by atoms with van der Waals surface area (Å²) in [7, 11) is 1.37. The number of hydrogen-bond acceptors (Lipinski definition) is 4. The summed E-state index contributed by atoms with van der Waals surface area (Å²) in [5.74, 6) is -0.344. The molecule has 4 nitrogen and oxygen atoms in total. The van der Waals surface area contributed by atoms with Crippen molar-refractivity contribution in [3.8, 4) is 0 Å². The van der Waals surface area contributed by atoms with Crippen molar-refractivity contribution in [2.45, 2.75) is 19.0 Å². The molecule has 1 atom stereocenters. The molecule has 92 valence electrons. The number of benzene rings is 1. The molecule has 4 heteroatoms. The molecule has 0 saturated heterocycles. The van der Waals surface area contributed by atoms with E-state index in [2.05, 4.69) is 27.8 Å². The Balaban J connectivity index is 1.96. The summed E-state index contributed by atoms with van der Waals surface area (Å²) >= 11 is 0. The molecule has 2 N–H and O–H groups in total. The van der Waals surface area contributed by atoms with Crippen molar-refractivity contribution < 1.29 is 9.53 Å². The average Bonchev–Trinajstić information content (AvgIpc) is 2.37. The molecular formula is C13H18N2O2. The fourth-order valence-electron chi connectivity index (χ4n) is 2.21. The molecule has 0 bridgehead atoms. The van der Waals surface area contributed by atoms with Crippen molar-refractivity contribution in [3.05, 3.63) is 35.4 Å². The van der Waals surface area contributed by atoms with Crippen LogP contribution in [0.5, 0.6) is 0 Å². The third kappa shape index (κ3) is 2.84. The number of esters is 1. The lowest BCUT2D eigenvalue weighted by Gasteiger charge is -2.29. The Morgan fingerprint density at radius 2 is 2.18 bits per heavy atom. The molecule has 1 unspecified atom stereocenters. The summed E-state index contributed by atoms with van der Waals surface area (Å²) < 4.78 is 4.63. The van der Waals surface area contributed by atoms with E-state index in [0.717, 1.165) is 19.5 Å². The molecule has 2 rings (SSSR count). The van der Waals surface area contributed by atoms with Crippen molar-refractivity contribution in [2.24, 2.45) is 5.73 Å². The highest BCUT2D eigenvalue weighted by molar-refractivity contribution is 5.75. The number of ether oxygens (including phenoxy) is 1. The monoisotopic (exact) mass is 234 g/mol.